The summed E-state index contributed by atoms with van der Waals surface area (Å²) in [5, 5.41) is 3.46. The van der Waals surface area contributed by atoms with Crippen molar-refractivity contribution in [1.82, 2.24) is 24.4 Å². The number of aromatic nitrogens is 4. The van der Waals surface area contributed by atoms with Crippen molar-refractivity contribution in [3.8, 4) is 0 Å². The molecular weight excluding hydrogens is 342 g/mol. The number of nitrogens with one attached hydrogen (secondary N) is 1. The van der Waals surface area contributed by atoms with Gasteiger partial charge in [0.2, 0.25) is 5.91 Å². The Labute approximate surface area is 148 Å². The Morgan fingerprint density at radius 2 is 2.20 bits per heavy atom. The molecule has 0 aromatic carbocycles. The highest BCUT2D eigenvalue weighted by Crippen LogP contribution is 2.32. The van der Waals surface area contributed by atoms with E-state index in [0.717, 1.165) is 5.69 Å². The molecule has 1 aliphatic rings. The molecule has 1 unspecified atom stereocenters. The molecule has 8 nitrogen and oxygen atoms in total. The van der Waals surface area contributed by atoms with Crippen LogP contribution in [-0.4, -0.2) is 37.3 Å². The number of hydrogen-bond acceptors (Lipinski definition) is 6. The van der Waals surface area contributed by atoms with Crippen LogP contribution < -0.4 is 16.4 Å². The van der Waals surface area contributed by atoms with Gasteiger partial charge in [-0.1, -0.05) is 11.8 Å². The summed E-state index contributed by atoms with van der Waals surface area (Å²) >= 11 is 1.50. The van der Waals surface area contributed by atoms with E-state index >= 15 is 0 Å². The third-order valence-electron chi connectivity index (χ3n) is 4.21. The summed E-state index contributed by atoms with van der Waals surface area (Å²) in [5.41, 5.74) is 1.12. The summed E-state index contributed by atoms with van der Waals surface area (Å²) in [6, 6.07) is 1.18. The molecule has 0 bridgehead atoms. The first-order valence-electron chi connectivity index (χ1n) is 7.97. The number of carbonyl (C=O) groups excluding carboxylic acids is 1. The van der Waals surface area contributed by atoms with E-state index in [1.807, 2.05) is 6.92 Å². The number of thioether (sulfide) groups is 1. The largest absolute Gasteiger partial charge is 0.354 e. The Balaban J connectivity index is 1.61. The maximum Gasteiger partial charge on any atom is 0.257 e. The van der Waals surface area contributed by atoms with Gasteiger partial charge >= 0.3 is 0 Å². The smallest absolute Gasteiger partial charge is 0.257 e. The lowest BCUT2D eigenvalue weighted by Gasteiger charge is -2.14. The highest BCUT2D eigenvalue weighted by atomic mass is 32.2. The summed E-state index contributed by atoms with van der Waals surface area (Å²) in [5.74, 6) is 0.501. The summed E-state index contributed by atoms with van der Waals surface area (Å²) in [4.78, 5) is 44.5. The van der Waals surface area contributed by atoms with Crippen molar-refractivity contribution in [2.24, 2.45) is 0 Å². The average molecular weight is 361 g/mol. The van der Waals surface area contributed by atoms with Crippen molar-refractivity contribution in [1.29, 1.82) is 0 Å². The van der Waals surface area contributed by atoms with E-state index in [1.54, 1.807) is 11.5 Å². The molecule has 0 saturated heterocycles. The molecule has 0 fully saturated rings. The van der Waals surface area contributed by atoms with Crippen molar-refractivity contribution in [2.75, 3.05) is 12.3 Å². The third-order valence-corrected chi connectivity index (χ3v) is 5.31. The average Bonchev–Trinajstić information content (AvgIpc) is 2.97. The SMILES string of the molecule is Cc1nc2n(c(=O)c1C)C(CC(=O)NCCn1cnccc1=O)CS2. The molecule has 0 aliphatic carbocycles. The zero-order chi connectivity index (χ0) is 18.0. The van der Waals surface area contributed by atoms with Gasteiger partial charge in [-0.05, 0) is 13.8 Å². The van der Waals surface area contributed by atoms with Crippen LogP contribution in [0.4, 0.5) is 0 Å². The van der Waals surface area contributed by atoms with E-state index in [4.69, 9.17) is 0 Å². The van der Waals surface area contributed by atoms with Gasteiger partial charge in [0.05, 0.1) is 12.4 Å². The second-order valence-corrected chi connectivity index (χ2v) is 6.90. The molecule has 0 spiro atoms. The lowest BCUT2D eigenvalue weighted by Crippen LogP contribution is -2.34. The molecule has 132 valence electrons. The molecule has 1 atom stereocenters. The van der Waals surface area contributed by atoms with Crippen LogP contribution in [0.15, 0.2) is 33.3 Å². The first-order valence-corrected chi connectivity index (χ1v) is 8.95. The highest BCUT2D eigenvalue weighted by molar-refractivity contribution is 7.99. The Morgan fingerprint density at radius 3 is 2.96 bits per heavy atom. The van der Waals surface area contributed by atoms with E-state index in [-0.39, 0.29) is 29.5 Å². The van der Waals surface area contributed by atoms with Crippen LogP contribution in [0.2, 0.25) is 0 Å². The highest BCUT2D eigenvalue weighted by Gasteiger charge is 2.28. The van der Waals surface area contributed by atoms with Gasteiger partial charge < -0.3 is 5.32 Å². The van der Waals surface area contributed by atoms with Crippen LogP contribution >= 0.6 is 11.8 Å². The van der Waals surface area contributed by atoms with E-state index in [2.05, 4.69) is 15.3 Å². The molecule has 1 N–H and O–H groups in total. The van der Waals surface area contributed by atoms with Crippen molar-refractivity contribution >= 4 is 17.7 Å². The number of nitrogens with zero attached hydrogens (tertiary/aromatic N) is 4. The maximum absolute atomic E-state index is 12.4. The van der Waals surface area contributed by atoms with Crippen molar-refractivity contribution in [2.45, 2.75) is 38.0 Å². The van der Waals surface area contributed by atoms with Gasteiger partial charge in [-0.25, -0.2) is 9.97 Å². The molecule has 2 aromatic rings. The summed E-state index contributed by atoms with van der Waals surface area (Å²) < 4.78 is 3.06. The fourth-order valence-corrected chi connectivity index (χ4v) is 3.85. The normalized spacial score (nSPS) is 15.8. The lowest BCUT2D eigenvalue weighted by molar-refractivity contribution is -0.121. The Hall–Kier alpha value is -2.42. The van der Waals surface area contributed by atoms with Crippen LogP contribution in [0.1, 0.15) is 23.7 Å². The Kier molecular flexibility index (Phi) is 5.03. The summed E-state index contributed by atoms with van der Waals surface area (Å²) in [7, 11) is 0. The fourth-order valence-electron chi connectivity index (χ4n) is 2.67. The van der Waals surface area contributed by atoms with Crippen molar-refractivity contribution in [3.63, 3.8) is 0 Å². The lowest BCUT2D eigenvalue weighted by atomic mass is 10.2. The van der Waals surface area contributed by atoms with Crippen LogP contribution in [0.5, 0.6) is 0 Å². The zero-order valence-corrected chi connectivity index (χ0v) is 14.9. The minimum absolute atomic E-state index is 0.0767. The number of aryl methyl sites for hydroxylation is 1. The van der Waals surface area contributed by atoms with Gasteiger partial charge in [-0.3, -0.25) is 23.5 Å². The number of carbonyl (C=O) groups is 1. The van der Waals surface area contributed by atoms with Gasteiger partial charge in [-0.2, -0.15) is 0 Å². The van der Waals surface area contributed by atoms with Crippen molar-refractivity contribution < 1.29 is 4.79 Å². The minimum atomic E-state index is -0.194. The molecule has 0 radical (unpaired) electrons. The summed E-state index contributed by atoms with van der Waals surface area (Å²) in [6.07, 6.45) is 3.09. The zero-order valence-electron chi connectivity index (χ0n) is 14.1. The Bertz CT molecular complexity index is 921. The Morgan fingerprint density at radius 1 is 1.40 bits per heavy atom. The molecule has 1 amide bonds. The molecule has 3 heterocycles. The van der Waals surface area contributed by atoms with E-state index in [9.17, 15) is 14.4 Å². The molecule has 1 aliphatic heterocycles. The standard InChI is InChI=1S/C16H19N5O3S/c1-10-11(2)19-16-21(15(10)24)12(8-25-16)7-13(22)18-5-6-20-9-17-4-3-14(20)23/h3-4,9,12H,5-8H2,1-2H3,(H,18,22). The van der Waals surface area contributed by atoms with Gasteiger partial charge in [0.25, 0.3) is 11.1 Å². The predicted octanol–water partition coefficient (Wildman–Crippen LogP) is 0.270. The number of rotatable bonds is 5. The summed E-state index contributed by atoms with van der Waals surface area (Å²) in [6.45, 7) is 4.26. The number of amides is 1. The third kappa shape index (κ3) is 3.65. The van der Waals surface area contributed by atoms with E-state index in [0.29, 0.717) is 29.6 Å². The quantitative estimate of drug-likeness (QED) is 0.768. The van der Waals surface area contributed by atoms with Crippen LogP contribution in [0.25, 0.3) is 0 Å². The predicted molar refractivity (Wildman–Crippen MR) is 93.9 cm³/mol. The molecule has 9 heteroatoms. The van der Waals surface area contributed by atoms with E-state index < -0.39 is 0 Å². The fraction of sp³-hybridized carbons (Fsp3) is 0.438. The number of fused-ring (bicyclic) bond motifs is 1. The molecular formula is C16H19N5O3S. The topological polar surface area (TPSA) is 98.9 Å². The minimum Gasteiger partial charge on any atom is -0.354 e. The second kappa shape index (κ2) is 7.22. The number of hydrogen-bond donors (Lipinski definition) is 1. The van der Waals surface area contributed by atoms with Gasteiger partial charge in [0, 0.05) is 48.8 Å². The van der Waals surface area contributed by atoms with Gasteiger partial charge in [-0.15, -0.1) is 0 Å². The van der Waals surface area contributed by atoms with Gasteiger partial charge in [0.15, 0.2) is 5.16 Å². The van der Waals surface area contributed by atoms with Crippen LogP contribution in [0.3, 0.4) is 0 Å². The maximum atomic E-state index is 12.4. The van der Waals surface area contributed by atoms with Crippen LogP contribution in [0, 0.1) is 13.8 Å². The van der Waals surface area contributed by atoms with E-state index in [1.165, 1.54) is 34.9 Å². The van der Waals surface area contributed by atoms with Crippen LogP contribution in [-0.2, 0) is 11.3 Å². The molecule has 2 aromatic heterocycles. The molecule has 0 saturated carbocycles. The molecule has 25 heavy (non-hydrogen) atoms. The first kappa shape index (κ1) is 17.4. The van der Waals surface area contributed by atoms with Crippen molar-refractivity contribution in [3.05, 3.63) is 50.6 Å². The monoisotopic (exact) mass is 361 g/mol. The second-order valence-electron chi connectivity index (χ2n) is 5.91. The van der Waals surface area contributed by atoms with Gasteiger partial charge in [0.1, 0.15) is 0 Å². The molecule has 3 rings (SSSR count). The first-order chi connectivity index (χ1) is 12.0.